The zero-order valence-electron chi connectivity index (χ0n) is 12.4. The van der Waals surface area contributed by atoms with Gasteiger partial charge >= 0.3 is 0 Å². The fraction of sp³-hybridized carbons (Fsp3) is 0.167. The second-order valence-corrected chi connectivity index (χ2v) is 4.43. The minimum absolute atomic E-state index is 0.0864. The van der Waals surface area contributed by atoms with Crippen LogP contribution >= 0.6 is 0 Å². The van der Waals surface area contributed by atoms with Gasteiger partial charge in [-0.2, -0.15) is 0 Å². The number of benzene rings is 2. The van der Waals surface area contributed by atoms with E-state index in [1.165, 1.54) is 12.3 Å². The Labute approximate surface area is 129 Å². The molecule has 0 unspecified atom stereocenters. The third kappa shape index (κ3) is 4.98. The van der Waals surface area contributed by atoms with Crippen LogP contribution in [0.4, 0.5) is 0 Å². The number of carbonyl (C=O) groups excluding carboxylic acids is 1. The van der Waals surface area contributed by atoms with Gasteiger partial charge in [-0.3, -0.25) is 4.79 Å². The molecule has 0 radical (unpaired) electrons. The Balaban J connectivity index is 1.66. The Bertz CT molecular complexity index is 603. The minimum atomic E-state index is -0.0864. The quantitative estimate of drug-likeness (QED) is 0.324. The predicted molar refractivity (Wildman–Crippen MR) is 84.4 cm³/mol. The molecule has 0 N–H and O–H groups in total. The van der Waals surface area contributed by atoms with Gasteiger partial charge in [0.1, 0.15) is 24.7 Å². The minimum Gasteiger partial charge on any atom is -0.498 e. The van der Waals surface area contributed by atoms with Gasteiger partial charge < -0.3 is 14.2 Å². The highest BCUT2D eigenvalue weighted by molar-refractivity contribution is 6.04. The Morgan fingerprint density at radius 2 is 1.64 bits per heavy atom. The molecule has 0 aliphatic carbocycles. The molecule has 0 aromatic heterocycles. The van der Waals surface area contributed by atoms with Crippen LogP contribution in [0.25, 0.3) is 0 Å². The van der Waals surface area contributed by atoms with E-state index in [0.29, 0.717) is 18.8 Å². The van der Waals surface area contributed by atoms with Gasteiger partial charge in [0.05, 0.1) is 13.4 Å². The molecule has 0 amide bonds. The van der Waals surface area contributed by atoms with Crippen LogP contribution in [0.5, 0.6) is 11.5 Å². The summed E-state index contributed by atoms with van der Waals surface area (Å²) in [5.41, 5.74) is 0.636. The maximum Gasteiger partial charge on any atom is 0.188 e. The molecule has 0 fully saturated rings. The van der Waals surface area contributed by atoms with E-state index in [-0.39, 0.29) is 5.78 Å². The van der Waals surface area contributed by atoms with Gasteiger partial charge in [0.15, 0.2) is 5.78 Å². The van der Waals surface area contributed by atoms with E-state index in [0.717, 1.165) is 11.5 Å². The first-order valence-corrected chi connectivity index (χ1v) is 6.94. The molecule has 2 aromatic carbocycles. The van der Waals surface area contributed by atoms with Crippen molar-refractivity contribution in [2.75, 3.05) is 20.3 Å². The van der Waals surface area contributed by atoms with Crippen LogP contribution in [0.15, 0.2) is 66.9 Å². The second kappa shape index (κ2) is 8.52. The van der Waals surface area contributed by atoms with E-state index in [2.05, 4.69) is 0 Å². The van der Waals surface area contributed by atoms with Crippen molar-refractivity contribution in [2.45, 2.75) is 0 Å². The summed E-state index contributed by atoms with van der Waals surface area (Å²) >= 11 is 0. The van der Waals surface area contributed by atoms with E-state index in [1.807, 2.05) is 42.5 Å². The number of methoxy groups -OCH3 is 1. The molecule has 0 spiro atoms. The van der Waals surface area contributed by atoms with Crippen molar-refractivity contribution in [1.29, 1.82) is 0 Å². The van der Waals surface area contributed by atoms with E-state index >= 15 is 0 Å². The summed E-state index contributed by atoms with van der Waals surface area (Å²) in [5.74, 6) is 1.44. The number of rotatable bonds is 8. The third-order valence-electron chi connectivity index (χ3n) is 2.90. The molecule has 0 aliphatic rings. The average Bonchev–Trinajstić information content (AvgIpc) is 2.59. The van der Waals surface area contributed by atoms with Gasteiger partial charge in [-0.25, -0.2) is 0 Å². The summed E-state index contributed by atoms with van der Waals surface area (Å²) in [7, 11) is 1.62. The van der Waals surface area contributed by atoms with Gasteiger partial charge in [-0.1, -0.05) is 30.3 Å². The van der Waals surface area contributed by atoms with Gasteiger partial charge in [-0.05, 0) is 24.3 Å². The normalized spacial score (nSPS) is 10.4. The van der Waals surface area contributed by atoms with Crippen molar-refractivity contribution < 1.29 is 19.0 Å². The summed E-state index contributed by atoms with van der Waals surface area (Å²) in [4.78, 5) is 11.7. The van der Waals surface area contributed by atoms with Crippen molar-refractivity contribution in [3.8, 4) is 11.5 Å². The van der Waals surface area contributed by atoms with Crippen molar-refractivity contribution in [2.24, 2.45) is 0 Å². The molecule has 0 saturated carbocycles. The Hall–Kier alpha value is -2.75. The molecule has 0 heterocycles. The predicted octanol–water partition coefficient (Wildman–Crippen LogP) is 3.49. The maximum absolute atomic E-state index is 11.7. The molecule has 2 aromatic rings. The van der Waals surface area contributed by atoms with Crippen LogP contribution in [-0.2, 0) is 4.74 Å². The molecule has 2 rings (SSSR count). The lowest BCUT2D eigenvalue weighted by Gasteiger charge is -2.06. The zero-order chi connectivity index (χ0) is 15.6. The van der Waals surface area contributed by atoms with Gasteiger partial charge in [-0.15, -0.1) is 0 Å². The van der Waals surface area contributed by atoms with E-state index < -0.39 is 0 Å². The van der Waals surface area contributed by atoms with Crippen LogP contribution < -0.4 is 9.47 Å². The van der Waals surface area contributed by atoms with Crippen molar-refractivity contribution in [3.63, 3.8) is 0 Å². The molecule has 22 heavy (non-hydrogen) atoms. The highest BCUT2D eigenvalue weighted by Gasteiger charge is 1.99. The number of ketones is 1. The largest absolute Gasteiger partial charge is 0.498 e. The molecular weight excluding hydrogens is 280 g/mol. The van der Waals surface area contributed by atoms with Crippen molar-refractivity contribution >= 4 is 5.78 Å². The second-order valence-electron chi connectivity index (χ2n) is 4.43. The van der Waals surface area contributed by atoms with Crippen LogP contribution in [0.3, 0.4) is 0 Å². The van der Waals surface area contributed by atoms with Gasteiger partial charge in [0.25, 0.3) is 0 Å². The Morgan fingerprint density at radius 1 is 0.955 bits per heavy atom. The molecule has 0 aliphatic heterocycles. The Kier molecular flexibility index (Phi) is 6.05. The fourth-order valence-corrected chi connectivity index (χ4v) is 1.76. The molecular formula is C18H18O4. The molecule has 4 heteroatoms. The maximum atomic E-state index is 11.7. The molecule has 114 valence electrons. The summed E-state index contributed by atoms with van der Waals surface area (Å²) in [6, 6.07) is 16.4. The lowest BCUT2D eigenvalue weighted by Crippen LogP contribution is -2.04. The highest BCUT2D eigenvalue weighted by atomic mass is 16.5. The Morgan fingerprint density at radius 3 is 2.32 bits per heavy atom. The van der Waals surface area contributed by atoms with Crippen LogP contribution in [-0.4, -0.2) is 26.1 Å². The first-order valence-electron chi connectivity index (χ1n) is 6.94. The van der Waals surface area contributed by atoms with E-state index in [9.17, 15) is 4.79 Å². The summed E-state index contributed by atoms with van der Waals surface area (Å²) in [6.07, 6.45) is 2.80. The van der Waals surface area contributed by atoms with Crippen molar-refractivity contribution in [1.82, 2.24) is 0 Å². The topological polar surface area (TPSA) is 44.8 Å². The smallest absolute Gasteiger partial charge is 0.188 e. The summed E-state index contributed by atoms with van der Waals surface area (Å²) < 4.78 is 15.8. The van der Waals surface area contributed by atoms with Crippen LogP contribution in [0.1, 0.15) is 10.4 Å². The molecule has 0 saturated heterocycles. The first-order chi connectivity index (χ1) is 10.8. The van der Waals surface area contributed by atoms with E-state index in [4.69, 9.17) is 14.2 Å². The average molecular weight is 298 g/mol. The fourth-order valence-electron chi connectivity index (χ4n) is 1.76. The van der Waals surface area contributed by atoms with Crippen LogP contribution in [0, 0.1) is 0 Å². The highest BCUT2D eigenvalue weighted by Crippen LogP contribution is 2.16. The van der Waals surface area contributed by atoms with E-state index in [1.54, 1.807) is 19.2 Å². The standard InChI is InChI=1S/C18H18O4/c1-20-16-7-9-17(10-8-16)22-14-13-21-12-11-18(19)15-5-3-2-4-6-15/h2-12H,13-14H2,1H3. The molecule has 4 nitrogen and oxygen atoms in total. The third-order valence-corrected chi connectivity index (χ3v) is 2.90. The molecule has 0 bridgehead atoms. The number of ether oxygens (including phenoxy) is 3. The summed E-state index contributed by atoms with van der Waals surface area (Å²) in [5, 5.41) is 0. The SMILES string of the molecule is COc1ccc(OCCOC=CC(=O)c2ccccc2)cc1. The number of carbonyl (C=O) groups is 1. The lowest BCUT2D eigenvalue weighted by molar-refractivity contribution is 0.104. The van der Waals surface area contributed by atoms with Crippen LogP contribution in [0.2, 0.25) is 0 Å². The number of allylic oxidation sites excluding steroid dienone is 1. The first kappa shape index (κ1) is 15.6. The summed E-state index contributed by atoms with van der Waals surface area (Å²) in [6.45, 7) is 0.765. The monoisotopic (exact) mass is 298 g/mol. The molecule has 0 atom stereocenters. The number of hydrogen-bond donors (Lipinski definition) is 0. The van der Waals surface area contributed by atoms with Gasteiger partial charge in [0, 0.05) is 11.6 Å². The van der Waals surface area contributed by atoms with Crippen molar-refractivity contribution in [3.05, 3.63) is 72.5 Å². The lowest BCUT2D eigenvalue weighted by atomic mass is 10.1. The van der Waals surface area contributed by atoms with Gasteiger partial charge in [0.2, 0.25) is 0 Å². The zero-order valence-corrected chi connectivity index (χ0v) is 12.4. The number of hydrogen-bond acceptors (Lipinski definition) is 4.